The number of carbonyl (C=O) groups is 1. The molecule has 1 aromatic heterocycles. The molecule has 0 radical (unpaired) electrons. The number of hydrogen-bond acceptors (Lipinski definition) is 6. The molecule has 0 amide bonds. The Balaban J connectivity index is 1.60. The van der Waals surface area contributed by atoms with E-state index in [-0.39, 0.29) is 5.97 Å². The van der Waals surface area contributed by atoms with Gasteiger partial charge in [0.1, 0.15) is 4.88 Å². The molecule has 2 saturated carbocycles. The predicted octanol–water partition coefficient (Wildman–Crippen LogP) is 2.83. The average Bonchev–Trinajstić information content (AvgIpc) is 3.38. The van der Waals surface area contributed by atoms with Gasteiger partial charge in [-0.05, 0) is 37.5 Å². The molecule has 0 aromatic carbocycles. The minimum atomic E-state index is -0.350. The highest BCUT2D eigenvalue weighted by molar-refractivity contribution is 7.18. The van der Waals surface area contributed by atoms with Crippen LogP contribution in [0, 0.1) is 5.92 Å². The van der Waals surface area contributed by atoms with Gasteiger partial charge in [0, 0.05) is 18.7 Å². The summed E-state index contributed by atoms with van der Waals surface area (Å²) in [6.07, 6.45) is 4.91. The lowest BCUT2D eigenvalue weighted by Crippen LogP contribution is -2.10. The number of ether oxygens (including phenoxy) is 2. The number of esters is 1. The first-order valence-electron chi connectivity index (χ1n) is 7.52. The minimum Gasteiger partial charge on any atom is -0.465 e. The third-order valence-electron chi connectivity index (χ3n) is 3.92. The Labute approximate surface area is 128 Å². The summed E-state index contributed by atoms with van der Waals surface area (Å²) in [4.78, 5) is 12.3. The second kappa shape index (κ2) is 6.23. The summed E-state index contributed by atoms with van der Waals surface area (Å²) >= 11 is 1.40. The summed E-state index contributed by atoms with van der Waals surface area (Å²) in [6.45, 7) is 2.30. The maximum atomic E-state index is 11.8. The molecule has 3 N–H and O–H groups in total. The third kappa shape index (κ3) is 3.49. The van der Waals surface area contributed by atoms with Crippen LogP contribution >= 0.6 is 11.3 Å². The van der Waals surface area contributed by atoms with Crippen molar-refractivity contribution in [3.63, 3.8) is 0 Å². The summed E-state index contributed by atoms with van der Waals surface area (Å²) in [5.41, 5.74) is 7.83. The van der Waals surface area contributed by atoms with E-state index in [0.717, 1.165) is 42.5 Å². The highest BCUT2D eigenvalue weighted by Gasteiger charge is 2.33. The molecule has 1 aromatic rings. The summed E-state index contributed by atoms with van der Waals surface area (Å²) < 4.78 is 10.4. The fraction of sp³-hybridized carbons (Fsp3) is 0.667. The van der Waals surface area contributed by atoms with Crippen LogP contribution in [0.3, 0.4) is 0 Å². The fourth-order valence-electron chi connectivity index (χ4n) is 2.38. The van der Waals surface area contributed by atoms with Crippen LogP contribution in [0.2, 0.25) is 0 Å². The van der Waals surface area contributed by atoms with E-state index in [1.807, 2.05) is 0 Å². The fourth-order valence-corrected chi connectivity index (χ4v) is 3.53. The Bertz CT molecular complexity index is 521. The van der Waals surface area contributed by atoms with Crippen molar-refractivity contribution in [1.29, 1.82) is 0 Å². The Kier molecular flexibility index (Phi) is 4.35. The summed E-state index contributed by atoms with van der Waals surface area (Å²) in [6, 6.07) is 0. The van der Waals surface area contributed by atoms with Gasteiger partial charge < -0.3 is 20.5 Å². The first-order chi connectivity index (χ1) is 10.2. The van der Waals surface area contributed by atoms with Gasteiger partial charge in [0.2, 0.25) is 0 Å². The molecule has 1 heterocycles. The number of hydrogen-bond donors (Lipinski definition) is 2. The average molecular weight is 310 g/mol. The standard InChI is InChI=1S/C15H22N2O3S/c1-19-15(18)13-12(16)11(10-4-5-10)14(21-13)17-6-7-20-8-9-2-3-9/h9-10,17H,2-8,16H2,1H3. The molecule has 0 spiro atoms. The van der Waals surface area contributed by atoms with Gasteiger partial charge in [0.15, 0.2) is 0 Å². The number of nitrogens with one attached hydrogen (secondary N) is 1. The first-order valence-corrected chi connectivity index (χ1v) is 8.34. The monoisotopic (exact) mass is 310 g/mol. The molecule has 116 valence electrons. The zero-order valence-corrected chi connectivity index (χ0v) is 13.1. The summed E-state index contributed by atoms with van der Waals surface area (Å²) in [5.74, 6) is 0.933. The van der Waals surface area contributed by atoms with E-state index in [1.54, 1.807) is 0 Å². The van der Waals surface area contributed by atoms with Crippen molar-refractivity contribution in [3.05, 3.63) is 10.4 Å². The van der Waals surface area contributed by atoms with Crippen molar-refractivity contribution in [1.82, 2.24) is 0 Å². The first kappa shape index (κ1) is 14.7. The molecular formula is C15H22N2O3S. The molecule has 0 aliphatic heterocycles. The SMILES string of the molecule is COC(=O)c1sc(NCCOCC2CC2)c(C2CC2)c1N. The van der Waals surface area contributed by atoms with Crippen LogP contribution in [0.25, 0.3) is 0 Å². The van der Waals surface area contributed by atoms with Gasteiger partial charge in [0.25, 0.3) is 0 Å². The molecule has 2 aliphatic rings. The molecule has 0 saturated heterocycles. The van der Waals surface area contributed by atoms with Crippen LogP contribution < -0.4 is 11.1 Å². The Hall–Kier alpha value is -1.27. The van der Waals surface area contributed by atoms with Crippen LogP contribution in [0.1, 0.15) is 46.8 Å². The Morgan fingerprint density at radius 1 is 1.38 bits per heavy atom. The number of carbonyl (C=O) groups excluding carboxylic acids is 1. The smallest absolute Gasteiger partial charge is 0.350 e. The zero-order valence-electron chi connectivity index (χ0n) is 12.3. The van der Waals surface area contributed by atoms with Crippen LogP contribution in [-0.4, -0.2) is 32.8 Å². The van der Waals surface area contributed by atoms with Gasteiger partial charge in [-0.1, -0.05) is 0 Å². The molecule has 0 unspecified atom stereocenters. The van der Waals surface area contributed by atoms with Gasteiger partial charge in [0.05, 0.1) is 24.4 Å². The van der Waals surface area contributed by atoms with Crippen molar-refractivity contribution >= 4 is 28.0 Å². The molecule has 5 nitrogen and oxygen atoms in total. The minimum absolute atomic E-state index is 0.350. The van der Waals surface area contributed by atoms with E-state index >= 15 is 0 Å². The van der Waals surface area contributed by atoms with Crippen LogP contribution in [0.5, 0.6) is 0 Å². The normalized spacial score (nSPS) is 17.8. The quantitative estimate of drug-likeness (QED) is 0.570. The lowest BCUT2D eigenvalue weighted by atomic mass is 10.1. The number of rotatable bonds is 8. The van der Waals surface area contributed by atoms with Crippen molar-refractivity contribution in [2.75, 3.05) is 37.9 Å². The Morgan fingerprint density at radius 3 is 2.76 bits per heavy atom. The number of methoxy groups -OCH3 is 1. The second-order valence-electron chi connectivity index (χ2n) is 5.80. The molecule has 2 aliphatic carbocycles. The number of nitrogen functional groups attached to an aromatic ring is 1. The van der Waals surface area contributed by atoms with Crippen LogP contribution in [0.15, 0.2) is 0 Å². The summed E-state index contributed by atoms with van der Waals surface area (Å²) in [5, 5.41) is 4.38. The van der Waals surface area contributed by atoms with E-state index < -0.39 is 0 Å². The van der Waals surface area contributed by atoms with E-state index in [1.165, 1.54) is 31.3 Å². The maximum Gasteiger partial charge on any atom is 0.350 e. The maximum absolute atomic E-state index is 11.8. The topological polar surface area (TPSA) is 73.6 Å². The molecule has 3 rings (SSSR count). The molecule has 0 bridgehead atoms. The van der Waals surface area contributed by atoms with Crippen LogP contribution in [-0.2, 0) is 9.47 Å². The second-order valence-corrected chi connectivity index (χ2v) is 6.82. The lowest BCUT2D eigenvalue weighted by Gasteiger charge is -2.08. The lowest BCUT2D eigenvalue weighted by molar-refractivity contribution is 0.0607. The molecule has 0 atom stereocenters. The van der Waals surface area contributed by atoms with Crippen molar-refractivity contribution in [2.45, 2.75) is 31.6 Å². The van der Waals surface area contributed by atoms with Crippen molar-refractivity contribution in [2.24, 2.45) is 5.92 Å². The van der Waals surface area contributed by atoms with E-state index in [0.29, 0.717) is 23.1 Å². The highest BCUT2D eigenvalue weighted by Crippen LogP contribution is 2.50. The third-order valence-corrected chi connectivity index (χ3v) is 5.08. The van der Waals surface area contributed by atoms with Crippen molar-refractivity contribution < 1.29 is 14.3 Å². The molecular weight excluding hydrogens is 288 g/mol. The zero-order chi connectivity index (χ0) is 14.8. The molecule has 2 fully saturated rings. The van der Waals surface area contributed by atoms with Gasteiger partial charge in [-0.25, -0.2) is 4.79 Å². The van der Waals surface area contributed by atoms with E-state index in [4.69, 9.17) is 15.2 Å². The van der Waals surface area contributed by atoms with Gasteiger partial charge in [-0.15, -0.1) is 11.3 Å². The van der Waals surface area contributed by atoms with Crippen LogP contribution in [0.4, 0.5) is 10.7 Å². The van der Waals surface area contributed by atoms with E-state index in [2.05, 4.69) is 5.32 Å². The molecule has 6 heteroatoms. The van der Waals surface area contributed by atoms with Gasteiger partial charge >= 0.3 is 5.97 Å². The number of nitrogens with two attached hydrogens (primary N) is 1. The summed E-state index contributed by atoms with van der Waals surface area (Å²) in [7, 11) is 1.39. The van der Waals surface area contributed by atoms with Crippen molar-refractivity contribution in [3.8, 4) is 0 Å². The highest BCUT2D eigenvalue weighted by atomic mass is 32.1. The number of thiophene rings is 1. The number of anilines is 2. The largest absolute Gasteiger partial charge is 0.465 e. The van der Waals surface area contributed by atoms with Gasteiger partial charge in [-0.3, -0.25) is 0 Å². The Morgan fingerprint density at radius 2 is 2.14 bits per heavy atom. The van der Waals surface area contributed by atoms with Gasteiger partial charge in [-0.2, -0.15) is 0 Å². The van der Waals surface area contributed by atoms with E-state index in [9.17, 15) is 4.79 Å². The predicted molar refractivity (Wildman–Crippen MR) is 84.1 cm³/mol. The molecule has 21 heavy (non-hydrogen) atoms.